The number of ether oxygens (including phenoxy) is 1. The quantitative estimate of drug-likeness (QED) is 0.335. The van der Waals surface area contributed by atoms with Gasteiger partial charge in [0.05, 0.1) is 0 Å². The van der Waals surface area contributed by atoms with E-state index < -0.39 is 30.3 Å². The lowest BCUT2D eigenvalue weighted by Crippen LogP contribution is -2.36. The molecule has 12 heteroatoms. The smallest absolute Gasteiger partial charge is 0.320 e. The Kier molecular flexibility index (Phi) is 5.12. The van der Waals surface area contributed by atoms with Gasteiger partial charge in [0.25, 0.3) is 0 Å². The van der Waals surface area contributed by atoms with Crippen LogP contribution in [-0.4, -0.2) is 65.1 Å². The average molecular weight is 379 g/mol. The Bertz CT molecular complexity index is 883. The first-order valence-corrected chi connectivity index (χ1v) is 8.25. The van der Waals surface area contributed by atoms with E-state index in [1.165, 1.54) is 17.2 Å². The lowest BCUT2D eigenvalue weighted by molar-refractivity contribution is -0.138. The van der Waals surface area contributed by atoms with Gasteiger partial charge >= 0.3 is 5.97 Å². The lowest BCUT2D eigenvalue weighted by atomic mass is 9.99. The Morgan fingerprint density at radius 2 is 2.04 bits per heavy atom. The highest BCUT2D eigenvalue weighted by molar-refractivity contribution is 5.83. The first-order valence-electron chi connectivity index (χ1n) is 8.25. The fourth-order valence-electron chi connectivity index (χ4n) is 2.86. The molecule has 1 unspecified atom stereocenters. The summed E-state index contributed by atoms with van der Waals surface area (Å²) in [6.45, 7) is 0. The van der Waals surface area contributed by atoms with Crippen molar-refractivity contribution in [3.05, 3.63) is 18.4 Å². The van der Waals surface area contributed by atoms with Gasteiger partial charge in [-0.3, -0.25) is 4.79 Å². The molecule has 0 fully saturated rings. The van der Waals surface area contributed by atoms with Crippen LogP contribution >= 0.6 is 0 Å². The second kappa shape index (κ2) is 7.34. The van der Waals surface area contributed by atoms with E-state index in [1.54, 1.807) is 0 Å². The number of hydrogen-bond donors (Lipinski definition) is 6. The number of aliphatic hydroxyl groups is 2. The van der Waals surface area contributed by atoms with Crippen molar-refractivity contribution in [1.82, 2.24) is 19.5 Å². The maximum atomic E-state index is 10.8. The lowest BCUT2D eigenvalue weighted by Gasteiger charge is -2.20. The van der Waals surface area contributed by atoms with Crippen LogP contribution in [0.2, 0.25) is 0 Å². The molecule has 12 nitrogen and oxygen atoms in total. The molecule has 0 saturated carbocycles. The fraction of sp³-hybridized carbons (Fsp3) is 0.467. The molecule has 9 N–H and O–H groups in total. The van der Waals surface area contributed by atoms with E-state index in [2.05, 4.69) is 15.0 Å². The van der Waals surface area contributed by atoms with Crippen LogP contribution in [-0.2, 0) is 9.53 Å². The van der Waals surface area contributed by atoms with Crippen LogP contribution in [0.1, 0.15) is 19.3 Å². The number of nitrogens with zero attached hydrogens (tertiary/aromatic N) is 4. The molecule has 3 rings (SSSR count). The van der Waals surface area contributed by atoms with Crippen LogP contribution in [0.5, 0.6) is 0 Å². The van der Waals surface area contributed by atoms with E-state index in [0.29, 0.717) is 17.6 Å². The van der Waals surface area contributed by atoms with Crippen molar-refractivity contribution in [2.24, 2.45) is 11.5 Å². The average Bonchev–Trinajstić information content (AvgIpc) is 3.17. The number of carboxylic acids is 1. The summed E-state index contributed by atoms with van der Waals surface area (Å²) < 4.78 is 7.04. The summed E-state index contributed by atoms with van der Waals surface area (Å²) in [5, 5.41) is 29.3. The molecule has 146 valence electrons. The van der Waals surface area contributed by atoms with Gasteiger partial charge in [0.15, 0.2) is 28.8 Å². The number of carboxylic acid groups (broad SMARTS) is 1. The summed E-state index contributed by atoms with van der Waals surface area (Å²) in [7, 11) is 0. The van der Waals surface area contributed by atoms with Gasteiger partial charge in [-0.2, -0.15) is 0 Å². The normalized spacial score (nSPS) is 22.0. The molecular formula is C15H21N7O5. The minimum atomic E-state index is -1.30. The molecule has 1 aliphatic rings. The van der Waals surface area contributed by atoms with Gasteiger partial charge in [-0.05, 0) is 12.8 Å². The summed E-state index contributed by atoms with van der Waals surface area (Å²) in [6.07, 6.45) is 1.19. The molecule has 3 heterocycles. The van der Waals surface area contributed by atoms with Gasteiger partial charge in [-0.1, -0.05) is 0 Å². The number of aromatic nitrogens is 4. The third kappa shape index (κ3) is 3.63. The zero-order chi connectivity index (χ0) is 19.7. The van der Waals surface area contributed by atoms with Crippen molar-refractivity contribution < 1.29 is 24.9 Å². The van der Waals surface area contributed by atoms with Gasteiger partial charge in [0.2, 0.25) is 5.88 Å². The van der Waals surface area contributed by atoms with Crippen LogP contribution in [0.25, 0.3) is 17.0 Å². The predicted molar refractivity (Wildman–Crippen MR) is 93.9 cm³/mol. The number of nitrogen functional groups attached to an aromatic ring is 1. The number of aliphatic carboxylic acids is 1. The Morgan fingerprint density at radius 1 is 1.30 bits per heavy atom. The predicted octanol–water partition coefficient (Wildman–Crippen LogP) is -1.24. The van der Waals surface area contributed by atoms with Gasteiger partial charge < -0.3 is 37.3 Å². The highest BCUT2D eigenvalue weighted by Crippen LogP contribution is 2.32. The van der Waals surface area contributed by atoms with Crippen LogP contribution < -0.4 is 17.2 Å². The highest BCUT2D eigenvalue weighted by atomic mass is 16.5. The van der Waals surface area contributed by atoms with Crippen molar-refractivity contribution in [3.8, 4) is 0 Å². The molecule has 0 aromatic carbocycles. The molecule has 4 atom stereocenters. The molecule has 27 heavy (non-hydrogen) atoms. The molecule has 0 radical (unpaired) electrons. The number of rotatable bonds is 7. The van der Waals surface area contributed by atoms with Crippen molar-refractivity contribution in [2.45, 2.75) is 43.6 Å². The number of fused-ring (bicyclic) bond motifs is 1. The van der Waals surface area contributed by atoms with Crippen LogP contribution in [0.3, 0.4) is 0 Å². The minimum absolute atomic E-state index is 0.0254. The molecular weight excluding hydrogens is 358 g/mol. The van der Waals surface area contributed by atoms with E-state index in [9.17, 15) is 15.0 Å². The van der Waals surface area contributed by atoms with E-state index in [-0.39, 0.29) is 30.3 Å². The first kappa shape index (κ1) is 18.8. The maximum absolute atomic E-state index is 10.8. The fourth-order valence-corrected chi connectivity index (χ4v) is 2.86. The van der Waals surface area contributed by atoms with E-state index in [0.717, 1.165) is 0 Å². The second-order valence-corrected chi connectivity index (χ2v) is 6.36. The summed E-state index contributed by atoms with van der Waals surface area (Å²) in [6, 6.07) is -1.48. The summed E-state index contributed by atoms with van der Waals surface area (Å²) in [5.41, 5.74) is 17.8. The summed E-state index contributed by atoms with van der Waals surface area (Å²) in [4.78, 5) is 22.7. The molecule has 2 aromatic rings. The summed E-state index contributed by atoms with van der Waals surface area (Å²) >= 11 is 0. The molecule has 0 amide bonds. The largest absolute Gasteiger partial charge is 0.505 e. The monoisotopic (exact) mass is 379 g/mol. The zero-order valence-electron chi connectivity index (χ0n) is 14.3. The van der Waals surface area contributed by atoms with Gasteiger partial charge in [-0.15, -0.1) is 0 Å². The van der Waals surface area contributed by atoms with Crippen molar-refractivity contribution in [2.75, 3.05) is 5.73 Å². The van der Waals surface area contributed by atoms with E-state index in [1.807, 2.05) is 0 Å². The number of aliphatic hydroxyl groups excluding tert-OH is 2. The van der Waals surface area contributed by atoms with Crippen molar-refractivity contribution >= 4 is 28.8 Å². The molecule has 1 aliphatic heterocycles. The van der Waals surface area contributed by atoms with Gasteiger partial charge in [0, 0.05) is 12.5 Å². The third-order valence-electron chi connectivity index (χ3n) is 4.40. The Morgan fingerprint density at radius 3 is 2.74 bits per heavy atom. The zero-order valence-corrected chi connectivity index (χ0v) is 14.3. The van der Waals surface area contributed by atoms with E-state index in [4.69, 9.17) is 27.0 Å². The molecule has 0 spiro atoms. The van der Waals surface area contributed by atoms with Crippen LogP contribution in [0.4, 0.5) is 5.82 Å². The van der Waals surface area contributed by atoms with Crippen molar-refractivity contribution in [1.29, 1.82) is 0 Å². The minimum Gasteiger partial charge on any atom is -0.505 e. The highest BCUT2D eigenvalue weighted by Gasteiger charge is 2.38. The summed E-state index contributed by atoms with van der Waals surface area (Å²) in [5.74, 6) is -1.34. The number of anilines is 1. The third-order valence-corrected chi connectivity index (χ3v) is 4.40. The number of imidazole rings is 1. The Hall–Kier alpha value is -2.96. The Labute approximate surface area is 153 Å². The van der Waals surface area contributed by atoms with Crippen molar-refractivity contribution in [3.63, 3.8) is 0 Å². The standard InChI is InChI=1S/C15H21N7O5/c16-6(1-2-7(17)15(25)26)3-8-10(23)11(24)14(27-8)22-5-21-9-12(18)19-4-20-13(9)22/h4-8,10,23-24H,1-3,16-17H2,(H,25,26)(H2,18,19,20)/t6-,7-,8+,10?/m0/s1. The molecule has 0 bridgehead atoms. The van der Waals surface area contributed by atoms with E-state index >= 15 is 0 Å². The van der Waals surface area contributed by atoms with Crippen LogP contribution in [0, 0.1) is 0 Å². The SMILES string of the molecule is Nc1ncnc2c1ncn2C1=C(O)C(O)[C@@H](C[C@@H](N)CC[C@H](N)C(=O)O)O1. The Balaban J connectivity index is 1.71. The first-order chi connectivity index (χ1) is 12.8. The molecule has 2 aromatic heterocycles. The molecule has 0 aliphatic carbocycles. The van der Waals surface area contributed by atoms with Crippen LogP contribution in [0.15, 0.2) is 18.4 Å². The number of carbonyl (C=O) groups is 1. The van der Waals surface area contributed by atoms with Gasteiger partial charge in [0.1, 0.15) is 24.8 Å². The topological polar surface area (TPSA) is 209 Å². The number of hydrogen-bond acceptors (Lipinski definition) is 10. The number of nitrogens with two attached hydrogens (primary N) is 3. The second-order valence-electron chi connectivity index (χ2n) is 6.36. The maximum Gasteiger partial charge on any atom is 0.320 e. The van der Waals surface area contributed by atoms with Gasteiger partial charge in [-0.25, -0.2) is 19.5 Å². The molecule has 0 saturated heterocycles.